The minimum Gasteiger partial charge on any atom is -0.756 e. The SMILES string of the molecule is CC[n+]1c2ccccc2cc2c(OCCCC(=O)NCCNc3ncnc4c3ncn4C3OC(COP(=O)([O-])OP(=O)([O-])OCC4OC([n+]5cccc(C(N)=O)c5)C(O)C4O)C(O)C3OP(=O)(O)O)cccc21. The lowest BCUT2D eigenvalue weighted by molar-refractivity contribution is -0.765. The fraction of sp³-hybridized carbons (Fsp3) is 0.405. The standard InChI is InChI=1S/C42H50N9O19P3/c1-2-50-27-10-4-3-8-24(27)18-26-28(50)11-5-12-29(26)64-17-7-13-32(52)44-14-15-45-39-33-40(47-22-46-39)51(23-48-33)42-37(69-71(57,58)59)35(54)31(68-42)21-66-73(62,63)70-72(60,61)65-20-30-34(53)36(55)41(67-30)49-16-6-9-25(19-49)38(43)56/h3-6,8-12,16,18-19,22-23,30-31,34-37,41-42,53-55H,2,7,13-15,17,20-21H2,1H3,(H6-2,43,44,45,46,47,52,56,57,58,59,60,61,62,63). The first-order valence-electron chi connectivity index (χ1n) is 22.4. The van der Waals surface area contributed by atoms with Gasteiger partial charge in [0.1, 0.15) is 54.7 Å². The monoisotopic (exact) mass is 1080 g/mol. The van der Waals surface area contributed by atoms with Crippen molar-refractivity contribution in [3.05, 3.63) is 91.3 Å². The molecule has 10 atom stereocenters. The van der Waals surface area contributed by atoms with E-state index in [0.717, 1.165) is 45.6 Å². The molecule has 0 bridgehead atoms. The number of aryl methyl sites for hydroxylation is 1. The summed E-state index contributed by atoms with van der Waals surface area (Å²) >= 11 is 0. The summed E-state index contributed by atoms with van der Waals surface area (Å²) in [6, 6.07) is 18.8. The van der Waals surface area contributed by atoms with Gasteiger partial charge in [0, 0.05) is 43.1 Å². The van der Waals surface area contributed by atoms with Gasteiger partial charge < -0.3 is 74.5 Å². The molecule has 2 aromatic carbocycles. The Hall–Kier alpha value is -5.48. The number of carbonyl (C=O) groups is 2. The van der Waals surface area contributed by atoms with E-state index in [0.29, 0.717) is 18.8 Å². The fourth-order valence-corrected chi connectivity index (χ4v) is 10.9. The number of rotatable bonds is 23. The number of ether oxygens (including phenoxy) is 3. The highest BCUT2D eigenvalue weighted by Gasteiger charge is 2.50. The van der Waals surface area contributed by atoms with Crippen molar-refractivity contribution in [3.8, 4) is 5.75 Å². The Bertz CT molecular complexity index is 3130. The van der Waals surface area contributed by atoms with Crippen molar-refractivity contribution in [1.82, 2.24) is 24.8 Å². The molecule has 2 saturated heterocycles. The number of amides is 2. The Labute approximate surface area is 413 Å². The van der Waals surface area contributed by atoms with Crippen LogP contribution in [-0.4, -0.2) is 126 Å². The molecule has 8 rings (SSSR count). The molecule has 28 nitrogen and oxygen atoms in total. The van der Waals surface area contributed by atoms with Gasteiger partial charge in [-0.25, -0.2) is 23.8 Å². The number of phosphoric ester groups is 3. The maximum absolute atomic E-state index is 12.7. The molecule has 2 aliphatic rings. The molecule has 2 amide bonds. The van der Waals surface area contributed by atoms with Gasteiger partial charge >= 0.3 is 7.82 Å². The van der Waals surface area contributed by atoms with Crippen LogP contribution in [0.2, 0.25) is 0 Å². The van der Waals surface area contributed by atoms with E-state index in [1.54, 1.807) is 0 Å². The number of carbonyl (C=O) groups excluding carboxylic acids is 2. The van der Waals surface area contributed by atoms with Crippen LogP contribution in [0.15, 0.2) is 85.7 Å². The van der Waals surface area contributed by atoms with Crippen LogP contribution >= 0.6 is 23.5 Å². The Kier molecular flexibility index (Phi) is 16.6. The molecule has 10 unspecified atom stereocenters. The van der Waals surface area contributed by atoms with Crippen molar-refractivity contribution in [2.75, 3.05) is 38.2 Å². The predicted molar refractivity (Wildman–Crippen MR) is 245 cm³/mol. The number of aliphatic hydroxyl groups is 3. The van der Waals surface area contributed by atoms with Crippen LogP contribution in [0.4, 0.5) is 5.82 Å². The molecule has 6 aromatic rings. The third kappa shape index (κ3) is 12.7. The minimum absolute atomic E-state index is 0.0150. The molecule has 0 spiro atoms. The van der Waals surface area contributed by atoms with Crippen LogP contribution in [0.3, 0.4) is 0 Å². The lowest BCUT2D eigenvalue weighted by Crippen LogP contribution is -2.46. The summed E-state index contributed by atoms with van der Waals surface area (Å²) in [5.74, 6) is -0.163. The second-order valence-corrected chi connectivity index (χ2v) is 20.7. The summed E-state index contributed by atoms with van der Waals surface area (Å²) < 4.78 is 77.5. The van der Waals surface area contributed by atoms with Gasteiger partial charge in [-0.15, -0.1) is 0 Å². The lowest BCUT2D eigenvalue weighted by Gasteiger charge is -2.31. The highest BCUT2D eigenvalue weighted by molar-refractivity contribution is 7.59. The van der Waals surface area contributed by atoms with Crippen molar-refractivity contribution in [3.63, 3.8) is 0 Å². The Morgan fingerprint density at radius 2 is 1.62 bits per heavy atom. The first-order valence-corrected chi connectivity index (χ1v) is 26.8. The van der Waals surface area contributed by atoms with Gasteiger partial charge in [0.25, 0.3) is 27.8 Å². The third-order valence-electron chi connectivity index (χ3n) is 11.7. The molecular weight excluding hydrogens is 1030 g/mol. The largest absolute Gasteiger partial charge is 0.756 e. The van der Waals surface area contributed by atoms with Gasteiger partial charge in [0.2, 0.25) is 16.9 Å². The van der Waals surface area contributed by atoms with Crippen molar-refractivity contribution < 1.29 is 99.4 Å². The number of phosphoric acid groups is 3. The summed E-state index contributed by atoms with van der Waals surface area (Å²) in [7, 11) is -17.2. The summed E-state index contributed by atoms with van der Waals surface area (Å²) in [6.45, 7) is 1.21. The van der Waals surface area contributed by atoms with Gasteiger partial charge in [-0.05, 0) is 37.6 Å². The van der Waals surface area contributed by atoms with Crippen LogP contribution in [0.25, 0.3) is 33.0 Å². The average molecular weight is 1080 g/mol. The van der Waals surface area contributed by atoms with Crippen molar-refractivity contribution in [1.29, 1.82) is 0 Å². The van der Waals surface area contributed by atoms with Gasteiger partial charge in [0.05, 0.1) is 31.5 Å². The quantitative estimate of drug-likeness (QED) is 0.0169. The number of anilines is 1. The van der Waals surface area contributed by atoms with Gasteiger partial charge in [-0.1, -0.05) is 18.2 Å². The van der Waals surface area contributed by atoms with E-state index in [1.807, 2.05) is 30.3 Å². The van der Waals surface area contributed by atoms with E-state index in [1.165, 1.54) is 29.1 Å². The Morgan fingerprint density at radius 1 is 0.890 bits per heavy atom. The van der Waals surface area contributed by atoms with E-state index < -0.39 is 91.7 Å². The number of fused-ring (bicyclic) bond motifs is 3. The fourth-order valence-electron chi connectivity index (χ4n) is 8.33. The number of imidazole rings is 1. The predicted octanol–water partition coefficient (Wildman–Crippen LogP) is -0.744. The normalized spacial score (nSPS) is 23.9. The zero-order chi connectivity index (χ0) is 52.2. The number of hydrogen-bond acceptors (Lipinski definition) is 21. The number of nitrogens with zero attached hydrogens (tertiary/aromatic N) is 6. The van der Waals surface area contributed by atoms with Gasteiger partial charge in [-0.2, -0.15) is 9.13 Å². The molecule has 4 aromatic heterocycles. The van der Waals surface area contributed by atoms with Crippen LogP contribution < -0.4 is 40.0 Å². The van der Waals surface area contributed by atoms with Crippen molar-refractivity contribution >= 4 is 74.1 Å². The summed E-state index contributed by atoms with van der Waals surface area (Å²) in [5, 5.41) is 40.0. The number of para-hydroxylation sites is 1. The average Bonchev–Trinajstić information content (AvgIpc) is 4.00. The van der Waals surface area contributed by atoms with Crippen LogP contribution in [-0.2, 0) is 52.4 Å². The number of aliphatic hydroxyl groups excluding tert-OH is 3. The molecule has 9 N–H and O–H groups in total. The van der Waals surface area contributed by atoms with Crippen LogP contribution in [0.1, 0.15) is 42.6 Å². The molecule has 0 aliphatic carbocycles. The highest BCUT2D eigenvalue weighted by atomic mass is 31.3. The summed E-state index contributed by atoms with van der Waals surface area (Å²) in [6.07, 6.45) is -8.41. The van der Waals surface area contributed by atoms with Crippen molar-refractivity contribution in [2.45, 2.75) is 75.4 Å². The van der Waals surface area contributed by atoms with Crippen LogP contribution in [0.5, 0.6) is 5.75 Å². The number of primary amides is 1. The molecule has 392 valence electrons. The van der Waals surface area contributed by atoms with E-state index in [2.05, 4.69) is 68.6 Å². The second kappa shape index (κ2) is 22.6. The molecule has 0 radical (unpaired) electrons. The number of nitrogens with two attached hydrogens (primary N) is 1. The lowest BCUT2D eigenvalue weighted by atomic mass is 10.1. The summed E-state index contributed by atoms with van der Waals surface area (Å²) in [5.41, 5.74) is 7.53. The maximum Gasteiger partial charge on any atom is 0.470 e. The number of benzene rings is 2. The minimum atomic E-state index is -5.92. The summed E-state index contributed by atoms with van der Waals surface area (Å²) in [4.78, 5) is 81.6. The molecular formula is C42H50N9O19P3. The Morgan fingerprint density at radius 3 is 2.34 bits per heavy atom. The van der Waals surface area contributed by atoms with E-state index in [-0.39, 0.29) is 48.0 Å². The van der Waals surface area contributed by atoms with E-state index in [4.69, 9.17) is 24.5 Å². The molecule has 31 heteroatoms. The smallest absolute Gasteiger partial charge is 0.470 e. The molecule has 73 heavy (non-hydrogen) atoms. The molecule has 0 saturated carbocycles. The number of hydrogen-bond donors (Lipinski definition) is 8. The topological polar surface area (TPSA) is 399 Å². The van der Waals surface area contributed by atoms with Crippen molar-refractivity contribution in [2.24, 2.45) is 5.73 Å². The first kappa shape index (κ1) is 53.8. The highest BCUT2D eigenvalue weighted by Crippen LogP contribution is 2.56. The second-order valence-electron chi connectivity index (χ2n) is 16.5. The Balaban J connectivity index is 0.824. The first-order chi connectivity index (χ1) is 34.7. The zero-order valence-corrected chi connectivity index (χ0v) is 41.1. The third-order valence-corrected chi connectivity index (χ3v) is 14.7. The molecule has 6 heterocycles. The van der Waals surface area contributed by atoms with Gasteiger partial charge in [0.15, 0.2) is 41.7 Å². The van der Waals surface area contributed by atoms with E-state index in [9.17, 15) is 58.2 Å². The number of pyridine rings is 2. The molecule has 2 aliphatic heterocycles. The maximum atomic E-state index is 12.7. The van der Waals surface area contributed by atoms with Crippen LogP contribution in [0, 0.1) is 0 Å². The number of nitrogens with one attached hydrogen (secondary N) is 2. The molecule has 2 fully saturated rings. The van der Waals surface area contributed by atoms with Gasteiger partial charge in [-0.3, -0.25) is 27.8 Å². The van der Waals surface area contributed by atoms with E-state index >= 15 is 0 Å². The number of aromatic nitrogens is 6. The zero-order valence-electron chi connectivity index (χ0n) is 38.4.